The van der Waals surface area contributed by atoms with E-state index in [4.69, 9.17) is 56.4 Å². The minimum Gasteiger partial charge on any atom is -0.393 e. The third kappa shape index (κ3) is 17.6. The molecule has 3 fully saturated rings. The first-order valence-corrected chi connectivity index (χ1v) is 32.0. The Labute approximate surface area is 490 Å². The van der Waals surface area contributed by atoms with Crippen molar-refractivity contribution in [3.63, 3.8) is 0 Å². The molecule has 81 heavy (non-hydrogen) atoms. The molecule has 2 aromatic carbocycles. The molecule has 0 radical (unpaired) electrons. The summed E-state index contributed by atoms with van der Waals surface area (Å²) < 4.78 is 67.2. The second-order valence-electron chi connectivity index (χ2n) is 23.1. The van der Waals surface area contributed by atoms with Crippen molar-refractivity contribution in [2.45, 2.75) is 128 Å². The summed E-state index contributed by atoms with van der Waals surface area (Å²) in [6, 6.07) is 14.5. The number of hydrogen-bond donors (Lipinski definition) is 2. The minimum absolute atomic E-state index is 0.00287. The highest BCUT2D eigenvalue weighted by Gasteiger charge is 2.59. The van der Waals surface area contributed by atoms with Crippen LogP contribution in [-0.4, -0.2) is 137 Å². The summed E-state index contributed by atoms with van der Waals surface area (Å²) in [4.78, 5) is 17.4. The van der Waals surface area contributed by atoms with Crippen molar-refractivity contribution < 1.29 is 51.5 Å². The van der Waals surface area contributed by atoms with Crippen LogP contribution in [0.3, 0.4) is 0 Å². The Bertz CT molecular complexity index is 2740. The summed E-state index contributed by atoms with van der Waals surface area (Å²) in [5, 5.41) is 22.0. The zero-order chi connectivity index (χ0) is 57.1. The predicted molar refractivity (Wildman–Crippen MR) is 314 cm³/mol. The fraction of sp³-hybridized carbons (Fsp3) is 0.645. The van der Waals surface area contributed by atoms with Gasteiger partial charge in [0.15, 0.2) is 9.84 Å². The number of rotatable bonds is 35. The number of halogens is 2. The van der Waals surface area contributed by atoms with Gasteiger partial charge in [0.25, 0.3) is 5.91 Å². The molecule has 0 aliphatic heterocycles. The van der Waals surface area contributed by atoms with Gasteiger partial charge >= 0.3 is 0 Å². The first kappa shape index (κ1) is 63.2. The lowest BCUT2D eigenvalue weighted by Crippen LogP contribution is -2.50. The molecule has 1 unspecified atom stereocenters. The van der Waals surface area contributed by atoms with Gasteiger partial charge in [0, 0.05) is 24.1 Å². The summed E-state index contributed by atoms with van der Waals surface area (Å²) in [5.74, 6) is 3.41. The molecule has 0 bridgehead atoms. The van der Waals surface area contributed by atoms with Crippen molar-refractivity contribution in [2.75, 3.05) is 97.0 Å². The maximum absolute atomic E-state index is 13.1. The van der Waals surface area contributed by atoms with E-state index in [9.17, 15) is 18.3 Å². The largest absolute Gasteiger partial charge is 0.393 e. The SMILES string of the molecule is C[C@H](CCCCCCOCCOCc1cn(CCOCCOCCOCCOCCOCCS(=O)(=O)c2ccc(C(=O)Nc3ccc(Cl)c(-c4ccccn4)c3)c(Cl)c2)nn1)C1CC[C@H]2[C@@H]3CC=C4C[C@@H](O)CC[C@]4(C)[C@H]3CC[C@]12C. The Hall–Kier alpha value is -3.85. The number of carbonyl (C=O) groups is 1. The van der Waals surface area contributed by atoms with Crippen LogP contribution in [-0.2, 0) is 56.1 Å². The molecule has 0 spiro atoms. The van der Waals surface area contributed by atoms with E-state index in [1.54, 1.807) is 40.7 Å². The van der Waals surface area contributed by atoms with Gasteiger partial charge in [-0.3, -0.25) is 9.78 Å². The second-order valence-corrected chi connectivity index (χ2v) is 26.0. The standard InChI is InChI=1S/C62H87Cl2N5O11S/c1-45(54-17-18-55-51-15-12-46-40-49(70)20-22-61(46,2)56(51)21-23-62(54,55)3)10-6-4-5-9-26-74-36-37-80-44-48-43-69(68-67-48)25-27-75-28-29-76-30-31-77-32-33-78-34-35-79-38-39-81(72,73)50-14-16-52(58(64)42-50)60(71)66-47-13-19-57(63)53(41-47)59-11-7-8-24-65-59/h7-8,11-14,16,19,24,41-43,45,49,51,54-56,70H,4-6,9-10,15,17-18,20-23,25-40,44H2,1-3H3,(H,66,71)/t45-,49+,51+,54?,55+,56+,61+,62-/m1/s1. The molecule has 2 heterocycles. The number of fused-ring (bicyclic) bond motifs is 5. The third-order valence-corrected chi connectivity index (χ3v) is 20.2. The molecule has 4 aliphatic carbocycles. The molecule has 8 atom stereocenters. The van der Waals surface area contributed by atoms with Gasteiger partial charge in [-0.2, -0.15) is 0 Å². The number of amides is 1. The Kier molecular flexibility index (Phi) is 24.4. The predicted octanol–water partition coefficient (Wildman–Crippen LogP) is 11.5. The Balaban J connectivity index is 0.558. The Morgan fingerprint density at radius 3 is 2.20 bits per heavy atom. The number of aliphatic hydroxyl groups is 1. The molecule has 2 N–H and O–H groups in total. The van der Waals surface area contributed by atoms with Gasteiger partial charge in [0.1, 0.15) is 5.69 Å². The van der Waals surface area contributed by atoms with Crippen molar-refractivity contribution in [2.24, 2.45) is 40.4 Å². The van der Waals surface area contributed by atoms with Crippen LogP contribution in [0.15, 0.2) is 83.5 Å². The average molecular weight is 1180 g/mol. The highest BCUT2D eigenvalue weighted by atomic mass is 35.5. The van der Waals surface area contributed by atoms with E-state index in [-0.39, 0.29) is 47.2 Å². The Morgan fingerprint density at radius 2 is 1.47 bits per heavy atom. The van der Waals surface area contributed by atoms with Crippen LogP contribution in [0.2, 0.25) is 10.0 Å². The minimum atomic E-state index is -3.73. The van der Waals surface area contributed by atoms with Crippen LogP contribution in [0, 0.1) is 40.4 Å². The van der Waals surface area contributed by atoms with Crippen molar-refractivity contribution in [1.29, 1.82) is 0 Å². The van der Waals surface area contributed by atoms with Crippen LogP contribution in [0.1, 0.15) is 120 Å². The van der Waals surface area contributed by atoms with Gasteiger partial charge < -0.3 is 43.6 Å². The number of carbonyl (C=O) groups excluding carboxylic acids is 1. The number of benzene rings is 2. The molecule has 3 saturated carbocycles. The molecule has 2 aromatic heterocycles. The molecule has 4 aliphatic rings. The van der Waals surface area contributed by atoms with Crippen molar-refractivity contribution in [1.82, 2.24) is 20.0 Å². The van der Waals surface area contributed by atoms with E-state index >= 15 is 0 Å². The Morgan fingerprint density at radius 1 is 0.765 bits per heavy atom. The highest BCUT2D eigenvalue weighted by molar-refractivity contribution is 7.91. The van der Waals surface area contributed by atoms with Gasteiger partial charge in [-0.05, 0) is 147 Å². The summed E-state index contributed by atoms with van der Waals surface area (Å²) in [6.07, 6.45) is 22.2. The molecule has 0 saturated heterocycles. The number of pyridine rings is 1. The maximum Gasteiger partial charge on any atom is 0.257 e. The molecule has 446 valence electrons. The summed E-state index contributed by atoms with van der Waals surface area (Å²) >= 11 is 12.8. The van der Waals surface area contributed by atoms with Crippen molar-refractivity contribution >= 4 is 44.6 Å². The number of hydrogen-bond acceptors (Lipinski definition) is 14. The lowest BCUT2D eigenvalue weighted by Gasteiger charge is -2.58. The van der Waals surface area contributed by atoms with Gasteiger partial charge in [-0.25, -0.2) is 13.1 Å². The first-order valence-electron chi connectivity index (χ1n) is 29.6. The van der Waals surface area contributed by atoms with E-state index in [0.717, 1.165) is 61.2 Å². The third-order valence-electron chi connectivity index (χ3n) is 17.9. The van der Waals surface area contributed by atoms with Gasteiger partial charge in [-0.15, -0.1) is 5.10 Å². The topological polar surface area (TPSA) is 192 Å². The number of anilines is 1. The molecule has 19 heteroatoms. The fourth-order valence-electron chi connectivity index (χ4n) is 13.6. The summed E-state index contributed by atoms with van der Waals surface area (Å²) in [6.45, 7) is 14.0. The average Bonchev–Trinajstić information content (AvgIpc) is 4.26. The summed E-state index contributed by atoms with van der Waals surface area (Å²) in [7, 11) is -3.73. The number of aromatic nitrogens is 4. The highest BCUT2D eigenvalue weighted by Crippen LogP contribution is 2.67. The molecular formula is C62H87Cl2N5O11S. The quantitative estimate of drug-likeness (QED) is 0.0327. The van der Waals surface area contributed by atoms with Crippen LogP contribution in [0.25, 0.3) is 11.3 Å². The number of unbranched alkanes of at least 4 members (excludes halogenated alkanes) is 3. The van der Waals surface area contributed by atoms with E-state index in [1.165, 1.54) is 82.4 Å². The molecule has 8 rings (SSSR count). The molecule has 16 nitrogen and oxygen atoms in total. The van der Waals surface area contributed by atoms with Gasteiger partial charge in [-0.1, -0.05) is 92.6 Å². The number of aliphatic hydroxyl groups excluding tert-OH is 1. The number of sulfone groups is 1. The van der Waals surface area contributed by atoms with E-state index in [1.807, 2.05) is 18.3 Å². The maximum atomic E-state index is 13.1. The second kappa shape index (κ2) is 31.3. The van der Waals surface area contributed by atoms with E-state index in [2.05, 4.69) is 47.5 Å². The zero-order valence-electron chi connectivity index (χ0n) is 47.9. The summed E-state index contributed by atoms with van der Waals surface area (Å²) in [5.41, 5.74) is 5.07. The first-order chi connectivity index (χ1) is 39.2. The van der Waals surface area contributed by atoms with Crippen LogP contribution >= 0.6 is 23.2 Å². The molecule has 1 amide bonds. The monoisotopic (exact) mass is 1180 g/mol. The van der Waals surface area contributed by atoms with Crippen LogP contribution in [0.4, 0.5) is 5.69 Å². The lowest BCUT2D eigenvalue weighted by atomic mass is 9.47. The fourth-order valence-corrected chi connectivity index (χ4v) is 15.3. The number of ether oxygens (including phenoxy) is 7. The van der Waals surface area contributed by atoms with Crippen LogP contribution < -0.4 is 5.32 Å². The normalized spacial score (nSPS) is 23.8. The van der Waals surface area contributed by atoms with Crippen molar-refractivity contribution in [3.05, 3.63) is 99.9 Å². The van der Waals surface area contributed by atoms with Crippen LogP contribution in [0.5, 0.6) is 0 Å². The lowest BCUT2D eigenvalue weighted by molar-refractivity contribution is -0.0572. The molecule has 4 aromatic rings. The number of nitrogens with zero attached hydrogens (tertiary/aromatic N) is 4. The van der Waals surface area contributed by atoms with Crippen molar-refractivity contribution in [3.8, 4) is 11.3 Å². The zero-order valence-corrected chi connectivity index (χ0v) is 50.2. The van der Waals surface area contributed by atoms with Gasteiger partial charge in [0.05, 0.1) is 137 Å². The van der Waals surface area contributed by atoms with E-state index < -0.39 is 15.7 Å². The number of nitrogens with one attached hydrogen (secondary N) is 1. The molecular weight excluding hydrogens is 1090 g/mol. The van der Waals surface area contributed by atoms with E-state index in [0.29, 0.717) is 105 Å². The van der Waals surface area contributed by atoms with Gasteiger partial charge in [0.2, 0.25) is 0 Å². The smallest absolute Gasteiger partial charge is 0.257 e. The number of allylic oxidation sites excluding steroid dienone is 1.